The third kappa shape index (κ3) is 3.80. The van der Waals surface area contributed by atoms with Crippen LogP contribution < -0.4 is 15.7 Å². The molecule has 2 aromatic carbocycles. The van der Waals surface area contributed by atoms with Crippen molar-refractivity contribution in [1.29, 1.82) is 0 Å². The van der Waals surface area contributed by atoms with Gasteiger partial charge in [-0.1, -0.05) is 25.1 Å². The maximum Gasteiger partial charge on any atom is 0.363 e. The molecule has 3 aromatic rings. The van der Waals surface area contributed by atoms with Crippen LogP contribution in [0.4, 0.5) is 15.8 Å². The van der Waals surface area contributed by atoms with Crippen LogP contribution in [0.2, 0.25) is 0 Å². The first-order valence-corrected chi connectivity index (χ1v) is 9.90. The maximum absolute atomic E-state index is 13.6. The minimum Gasteiger partial charge on any atom is -0.421 e. The first-order valence-electron chi connectivity index (χ1n) is 8.42. The van der Waals surface area contributed by atoms with E-state index >= 15 is 0 Å². The fourth-order valence-corrected chi connectivity index (χ4v) is 4.05. The number of rotatable bonds is 6. The van der Waals surface area contributed by atoms with Crippen molar-refractivity contribution >= 4 is 32.4 Å². The number of sulfonamides is 1. The summed E-state index contributed by atoms with van der Waals surface area (Å²) < 4.78 is 46.7. The van der Waals surface area contributed by atoms with Gasteiger partial charge in [-0.3, -0.25) is 4.72 Å². The molecule has 0 atom stereocenters. The quantitative estimate of drug-likeness (QED) is 0.624. The molecule has 0 saturated carbocycles. The van der Waals surface area contributed by atoms with Crippen molar-refractivity contribution in [3.63, 3.8) is 0 Å². The van der Waals surface area contributed by atoms with Crippen molar-refractivity contribution in [2.75, 3.05) is 16.6 Å². The Bertz CT molecular complexity index is 1160. The number of aryl methyl sites for hydroxylation is 1. The molecule has 1 aromatic heterocycles. The smallest absolute Gasteiger partial charge is 0.363 e. The van der Waals surface area contributed by atoms with Crippen molar-refractivity contribution in [3.8, 4) is 0 Å². The second-order valence-electron chi connectivity index (χ2n) is 6.08. The van der Waals surface area contributed by atoms with Gasteiger partial charge in [0.05, 0.1) is 10.6 Å². The Morgan fingerprint density at radius 3 is 2.59 bits per heavy atom. The summed E-state index contributed by atoms with van der Waals surface area (Å²) >= 11 is 0. The summed E-state index contributed by atoms with van der Waals surface area (Å²) in [5, 5.41) is 3.65. The van der Waals surface area contributed by atoms with E-state index in [1.54, 1.807) is 31.2 Å². The largest absolute Gasteiger partial charge is 0.421 e. The lowest BCUT2D eigenvalue weighted by molar-refractivity contribution is 0.563. The van der Waals surface area contributed by atoms with Gasteiger partial charge < -0.3 is 9.73 Å². The van der Waals surface area contributed by atoms with E-state index in [-0.39, 0.29) is 10.6 Å². The first kappa shape index (κ1) is 18.9. The Kier molecular flexibility index (Phi) is 5.18. The van der Waals surface area contributed by atoms with Gasteiger partial charge in [-0.05, 0) is 43.2 Å². The number of fused-ring (bicyclic) bond motifs is 1. The molecule has 6 nitrogen and oxygen atoms in total. The van der Waals surface area contributed by atoms with Gasteiger partial charge in [-0.2, -0.15) is 0 Å². The Labute approximate surface area is 156 Å². The van der Waals surface area contributed by atoms with E-state index in [2.05, 4.69) is 10.0 Å². The zero-order valence-corrected chi connectivity index (χ0v) is 15.7. The molecular formula is C19H19FN2O4S. The van der Waals surface area contributed by atoms with E-state index in [0.717, 1.165) is 12.5 Å². The lowest BCUT2D eigenvalue weighted by atomic mass is 10.2. The minimum atomic E-state index is -4.20. The number of benzene rings is 2. The molecule has 0 fully saturated rings. The molecule has 0 radical (unpaired) electrons. The van der Waals surface area contributed by atoms with Crippen LogP contribution >= 0.6 is 0 Å². The lowest BCUT2D eigenvalue weighted by Gasteiger charge is -2.15. The lowest BCUT2D eigenvalue weighted by Crippen LogP contribution is -2.21. The summed E-state index contributed by atoms with van der Waals surface area (Å²) in [6.07, 6.45) is 0.768. The Balaban J connectivity index is 2.17. The number of nitrogens with one attached hydrogen (secondary N) is 2. The molecule has 0 aliphatic carbocycles. The van der Waals surface area contributed by atoms with E-state index in [4.69, 9.17) is 4.42 Å². The standard InChI is InChI=1S/C19H19FN2O4S/c1-3-10-21-17-14-6-4-5-7-15(14)26-19(23)18(17)22-27(24,25)16-11-13(20)9-8-12(16)2/h4-9,11,21-22H,3,10H2,1-2H3. The van der Waals surface area contributed by atoms with Crippen LogP contribution in [0.5, 0.6) is 0 Å². The Morgan fingerprint density at radius 1 is 1.11 bits per heavy atom. The van der Waals surface area contributed by atoms with Gasteiger partial charge in [0, 0.05) is 11.9 Å². The molecule has 142 valence electrons. The van der Waals surface area contributed by atoms with Gasteiger partial charge >= 0.3 is 5.63 Å². The molecule has 0 amide bonds. The topological polar surface area (TPSA) is 88.4 Å². The van der Waals surface area contributed by atoms with E-state index in [0.29, 0.717) is 28.8 Å². The molecule has 0 aliphatic heterocycles. The number of hydrogen-bond acceptors (Lipinski definition) is 5. The molecule has 0 saturated heterocycles. The molecule has 3 rings (SSSR count). The van der Waals surface area contributed by atoms with E-state index in [1.165, 1.54) is 12.1 Å². The average molecular weight is 390 g/mol. The van der Waals surface area contributed by atoms with Crippen LogP contribution in [-0.2, 0) is 10.0 Å². The third-order valence-corrected chi connectivity index (χ3v) is 5.53. The van der Waals surface area contributed by atoms with Crippen LogP contribution in [-0.4, -0.2) is 15.0 Å². The van der Waals surface area contributed by atoms with Crippen LogP contribution in [0.1, 0.15) is 18.9 Å². The molecule has 0 aliphatic rings. The molecule has 27 heavy (non-hydrogen) atoms. The zero-order chi connectivity index (χ0) is 19.6. The van der Waals surface area contributed by atoms with Crippen LogP contribution in [0, 0.1) is 12.7 Å². The van der Waals surface area contributed by atoms with Gasteiger partial charge in [0.2, 0.25) is 0 Å². The van der Waals surface area contributed by atoms with E-state index < -0.39 is 21.5 Å². The van der Waals surface area contributed by atoms with Crippen molar-refractivity contribution in [3.05, 3.63) is 64.3 Å². The van der Waals surface area contributed by atoms with E-state index in [9.17, 15) is 17.6 Å². The van der Waals surface area contributed by atoms with Crippen molar-refractivity contribution in [2.24, 2.45) is 0 Å². The third-order valence-electron chi connectivity index (χ3n) is 4.04. The summed E-state index contributed by atoms with van der Waals surface area (Å²) in [5.41, 5.74) is -0.0276. The SMILES string of the molecule is CCCNc1c(NS(=O)(=O)c2cc(F)ccc2C)c(=O)oc2ccccc12. The molecule has 1 heterocycles. The normalized spacial score (nSPS) is 11.5. The Morgan fingerprint density at radius 2 is 1.85 bits per heavy atom. The van der Waals surface area contributed by atoms with Crippen molar-refractivity contribution < 1.29 is 17.2 Å². The first-order chi connectivity index (χ1) is 12.8. The van der Waals surface area contributed by atoms with Gasteiger partial charge in [0.25, 0.3) is 10.0 Å². The monoisotopic (exact) mass is 390 g/mol. The highest BCUT2D eigenvalue weighted by molar-refractivity contribution is 7.92. The number of anilines is 2. The molecular weight excluding hydrogens is 371 g/mol. The predicted octanol–water partition coefficient (Wildman–Crippen LogP) is 3.86. The summed E-state index contributed by atoms with van der Waals surface area (Å²) in [6, 6.07) is 10.3. The molecule has 0 unspecified atom stereocenters. The van der Waals surface area contributed by atoms with Gasteiger partial charge in [0.1, 0.15) is 11.4 Å². The highest BCUT2D eigenvalue weighted by atomic mass is 32.2. The summed E-state index contributed by atoms with van der Waals surface area (Å²) in [4.78, 5) is 12.2. The molecule has 2 N–H and O–H groups in total. The van der Waals surface area contributed by atoms with Gasteiger partial charge in [-0.15, -0.1) is 0 Å². The number of para-hydroxylation sites is 1. The minimum absolute atomic E-state index is 0.231. The highest BCUT2D eigenvalue weighted by Crippen LogP contribution is 2.30. The van der Waals surface area contributed by atoms with E-state index in [1.807, 2.05) is 6.92 Å². The fourth-order valence-electron chi connectivity index (χ4n) is 2.73. The van der Waals surface area contributed by atoms with Crippen LogP contribution in [0.25, 0.3) is 11.0 Å². The predicted molar refractivity (Wildman–Crippen MR) is 103 cm³/mol. The second kappa shape index (κ2) is 7.40. The van der Waals surface area contributed by atoms with Crippen molar-refractivity contribution in [2.45, 2.75) is 25.2 Å². The van der Waals surface area contributed by atoms with Gasteiger partial charge in [-0.25, -0.2) is 17.6 Å². The van der Waals surface area contributed by atoms with Gasteiger partial charge in [0.15, 0.2) is 5.69 Å². The summed E-state index contributed by atoms with van der Waals surface area (Å²) in [7, 11) is -4.20. The summed E-state index contributed by atoms with van der Waals surface area (Å²) in [6.45, 7) is 4.02. The van der Waals surface area contributed by atoms with Crippen molar-refractivity contribution in [1.82, 2.24) is 0 Å². The highest BCUT2D eigenvalue weighted by Gasteiger charge is 2.23. The summed E-state index contributed by atoms with van der Waals surface area (Å²) in [5.74, 6) is -0.684. The zero-order valence-electron chi connectivity index (χ0n) is 14.9. The van der Waals surface area contributed by atoms with Crippen LogP contribution in [0.3, 0.4) is 0 Å². The Hall–Kier alpha value is -2.87. The molecule has 0 bridgehead atoms. The van der Waals surface area contributed by atoms with Crippen LogP contribution in [0.15, 0.2) is 56.6 Å². The average Bonchev–Trinajstić information content (AvgIpc) is 2.63. The molecule has 8 heteroatoms. The molecule has 0 spiro atoms. The maximum atomic E-state index is 13.6. The second-order valence-corrected chi connectivity index (χ2v) is 7.73. The number of hydrogen-bond donors (Lipinski definition) is 2. The number of halogens is 1. The fraction of sp³-hybridized carbons (Fsp3) is 0.211.